The topological polar surface area (TPSA) is 30.3 Å². The van der Waals surface area contributed by atoms with Gasteiger partial charge < -0.3 is 4.90 Å². The van der Waals surface area contributed by atoms with Crippen molar-refractivity contribution in [3.05, 3.63) is 29.3 Å². The summed E-state index contributed by atoms with van der Waals surface area (Å²) in [5, 5.41) is 8.79. The smallest absolute Gasteiger partial charge is 0.369 e. The predicted octanol–water partition coefficient (Wildman–Crippen LogP) is 3.65. The summed E-state index contributed by atoms with van der Waals surface area (Å²) < 4.78 is 76.5. The van der Waals surface area contributed by atoms with E-state index in [0.29, 0.717) is 0 Å². The van der Waals surface area contributed by atoms with Crippen LogP contribution in [0.4, 0.5) is 32.0 Å². The number of anilines is 1. The molecule has 0 N–H and O–H groups in total. The van der Waals surface area contributed by atoms with E-state index in [1.807, 2.05) is 0 Å². The van der Waals surface area contributed by atoms with Gasteiger partial charge in [-0.3, -0.25) is 4.90 Å². The number of alkyl halides is 6. The van der Waals surface area contributed by atoms with E-state index in [4.69, 9.17) is 5.26 Å². The van der Waals surface area contributed by atoms with Crippen molar-refractivity contribution in [2.75, 3.05) is 31.1 Å². The molecular weight excluding hydrogens is 336 g/mol. The van der Waals surface area contributed by atoms with E-state index >= 15 is 0 Å². The summed E-state index contributed by atoms with van der Waals surface area (Å²) in [6.45, 7) is 1.03. The van der Waals surface area contributed by atoms with Crippen LogP contribution < -0.4 is 4.90 Å². The monoisotopic (exact) mass is 351 g/mol. The van der Waals surface area contributed by atoms with E-state index in [-0.39, 0.29) is 25.3 Å². The number of hydrogen-bond donors (Lipinski definition) is 0. The Morgan fingerprint density at radius 2 is 1.83 bits per heavy atom. The number of nitrogens with zero attached hydrogens (tertiary/aromatic N) is 3. The summed E-state index contributed by atoms with van der Waals surface area (Å²) >= 11 is 0. The second-order valence-corrected chi connectivity index (χ2v) is 5.72. The van der Waals surface area contributed by atoms with Crippen LogP contribution >= 0.6 is 0 Å². The third-order valence-corrected chi connectivity index (χ3v) is 3.94. The highest BCUT2D eigenvalue weighted by Gasteiger charge is 2.37. The normalized spacial score (nSPS) is 20.1. The first-order valence-electron chi connectivity index (χ1n) is 7.18. The summed E-state index contributed by atoms with van der Waals surface area (Å²) in [6.07, 6.45) is -8.97. The Bertz CT molecular complexity index is 632. The maximum Gasteiger partial charge on any atom is 0.417 e. The van der Waals surface area contributed by atoms with Gasteiger partial charge in [0.25, 0.3) is 0 Å². The standard InChI is InChI=1S/C15H15F6N3/c1-10-8-23(4-5-24(10)9-14(16,17)18)12-3-2-11(7-22)13(6-12)15(19,20)21/h2-3,6,10H,4-5,8-9H2,1H3. The minimum absolute atomic E-state index is 0.0992. The van der Waals surface area contributed by atoms with Gasteiger partial charge in [-0.1, -0.05) is 0 Å². The molecular formula is C15H15F6N3. The highest BCUT2D eigenvalue weighted by Crippen LogP contribution is 2.35. The Hall–Kier alpha value is -1.95. The molecule has 0 amide bonds. The average molecular weight is 351 g/mol. The number of piperazine rings is 1. The lowest BCUT2D eigenvalue weighted by Gasteiger charge is -2.41. The summed E-state index contributed by atoms with van der Waals surface area (Å²) in [4.78, 5) is 2.86. The summed E-state index contributed by atoms with van der Waals surface area (Å²) in [6, 6.07) is 4.41. The maximum absolute atomic E-state index is 13.0. The fourth-order valence-corrected chi connectivity index (χ4v) is 2.76. The third-order valence-electron chi connectivity index (χ3n) is 3.94. The van der Waals surface area contributed by atoms with Gasteiger partial charge in [0.05, 0.1) is 23.7 Å². The fourth-order valence-electron chi connectivity index (χ4n) is 2.76. The first-order chi connectivity index (χ1) is 11.0. The predicted molar refractivity (Wildman–Crippen MR) is 75.5 cm³/mol. The van der Waals surface area contributed by atoms with Crippen molar-refractivity contribution in [3.8, 4) is 6.07 Å². The molecule has 1 atom stereocenters. The van der Waals surface area contributed by atoms with Crippen molar-refractivity contribution in [2.24, 2.45) is 0 Å². The largest absolute Gasteiger partial charge is 0.417 e. The molecule has 0 bridgehead atoms. The van der Waals surface area contributed by atoms with Crippen LogP contribution in [-0.2, 0) is 6.18 Å². The van der Waals surface area contributed by atoms with Crippen LogP contribution in [0.15, 0.2) is 18.2 Å². The van der Waals surface area contributed by atoms with Crippen LogP contribution in [0.2, 0.25) is 0 Å². The molecule has 3 nitrogen and oxygen atoms in total. The van der Waals surface area contributed by atoms with Gasteiger partial charge in [0.1, 0.15) is 0 Å². The Labute approximate surface area is 135 Å². The molecule has 1 unspecified atom stereocenters. The molecule has 0 saturated carbocycles. The number of hydrogen-bond acceptors (Lipinski definition) is 3. The van der Waals surface area contributed by atoms with E-state index in [0.717, 1.165) is 12.1 Å². The molecule has 24 heavy (non-hydrogen) atoms. The molecule has 2 rings (SSSR count). The number of nitriles is 1. The highest BCUT2D eigenvalue weighted by atomic mass is 19.4. The second-order valence-electron chi connectivity index (χ2n) is 5.72. The zero-order valence-corrected chi connectivity index (χ0v) is 12.7. The fraction of sp³-hybridized carbons (Fsp3) is 0.533. The van der Waals surface area contributed by atoms with Gasteiger partial charge in [0, 0.05) is 31.4 Å². The van der Waals surface area contributed by atoms with Crippen LogP contribution in [0, 0.1) is 11.3 Å². The van der Waals surface area contributed by atoms with Crippen LogP contribution in [0.5, 0.6) is 0 Å². The lowest BCUT2D eigenvalue weighted by molar-refractivity contribution is -0.151. The Morgan fingerprint density at radius 1 is 1.17 bits per heavy atom. The summed E-state index contributed by atoms with van der Waals surface area (Å²) in [5.41, 5.74) is -1.26. The molecule has 9 heteroatoms. The van der Waals surface area contributed by atoms with Crippen LogP contribution in [0.1, 0.15) is 18.1 Å². The Kier molecular flexibility index (Phi) is 4.99. The van der Waals surface area contributed by atoms with E-state index in [1.165, 1.54) is 17.0 Å². The van der Waals surface area contributed by atoms with Gasteiger partial charge in [-0.15, -0.1) is 0 Å². The van der Waals surface area contributed by atoms with Crippen molar-refractivity contribution in [1.29, 1.82) is 5.26 Å². The van der Waals surface area contributed by atoms with Gasteiger partial charge in [-0.2, -0.15) is 31.6 Å². The Morgan fingerprint density at radius 3 is 2.33 bits per heavy atom. The van der Waals surface area contributed by atoms with Crippen molar-refractivity contribution in [1.82, 2.24) is 4.90 Å². The molecule has 1 aromatic rings. The molecule has 1 aliphatic rings. The van der Waals surface area contributed by atoms with Gasteiger partial charge >= 0.3 is 12.4 Å². The van der Waals surface area contributed by atoms with E-state index < -0.39 is 36.1 Å². The molecule has 0 aromatic heterocycles. The maximum atomic E-state index is 13.0. The van der Waals surface area contributed by atoms with E-state index in [9.17, 15) is 26.3 Å². The molecule has 0 radical (unpaired) electrons. The first kappa shape index (κ1) is 18.4. The zero-order valence-electron chi connectivity index (χ0n) is 12.7. The molecule has 1 fully saturated rings. The van der Waals surface area contributed by atoms with Gasteiger partial charge in [-0.05, 0) is 25.1 Å². The Balaban J connectivity index is 2.18. The minimum Gasteiger partial charge on any atom is -0.369 e. The van der Waals surface area contributed by atoms with Crippen molar-refractivity contribution >= 4 is 5.69 Å². The summed E-state index contributed by atoms with van der Waals surface area (Å²) in [5.74, 6) is 0. The first-order valence-corrected chi connectivity index (χ1v) is 7.18. The highest BCUT2D eigenvalue weighted by molar-refractivity contribution is 5.55. The van der Waals surface area contributed by atoms with Crippen molar-refractivity contribution < 1.29 is 26.3 Å². The molecule has 132 valence electrons. The molecule has 1 saturated heterocycles. The zero-order chi connectivity index (χ0) is 18.1. The number of rotatable bonds is 2. The molecule has 1 aliphatic heterocycles. The van der Waals surface area contributed by atoms with E-state index in [1.54, 1.807) is 11.8 Å². The second kappa shape index (κ2) is 6.51. The van der Waals surface area contributed by atoms with E-state index in [2.05, 4.69) is 0 Å². The summed E-state index contributed by atoms with van der Waals surface area (Å²) in [7, 11) is 0. The molecule has 0 aliphatic carbocycles. The quantitative estimate of drug-likeness (QED) is 0.762. The number of halogens is 6. The van der Waals surface area contributed by atoms with Gasteiger partial charge in [0.2, 0.25) is 0 Å². The van der Waals surface area contributed by atoms with Gasteiger partial charge in [0.15, 0.2) is 0 Å². The molecule has 1 aromatic carbocycles. The minimum atomic E-state index is -4.66. The van der Waals surface area contributed by atoms with Crippen LogP contribution in [0.3, 0.4) is 0 Å². The lowest BCUT2D eigenvalue weighted by atomic mass is 10.1. The SMILES string of the molecule is CC1CN(c2ccc(C#N)c(C(F)(F)F)c2)CCN1CC(F)(F)F. The third kappa shape index (κ3) is 4.32. The van der Waals surface area contributed by atoms with Crippen LogP contribution in [-0.4, -0.2) is 43.3 Å². The number of benzene rings is 1. The van der Waals surface area contributed by atoms with Crippen molar-refractivity contribution in [3.63, 3.8) is 0 Å². The molecule has 1 heterocycles. The average Bonchev–Trinajstić information content (AvgIpc) is 2.46. The lowest BCUT2D eigenvalue weighted by Crippen LogP contribution is -2.54. The van der Waals surface area contributed by atoms with Crippen LogP contribution in [0.25, 0.3) is 0 Å². The molecule has 0 spiro atoms. The van der Waals surface area contributed by atoms with Gasteiger partial charge in [-0.25, -0.2) is 0 Å². The van der Waals surface area contributed by atoms with Crippen molar-refractivity contribution in [2.45, 2.75) is 25.3 Å².